The van der Waals surface area contributed by atoms with Crippen LogP contribution >= 0.6 is 0 Å². The Morgan fingerprint density at radius 1 is 1.25 bits per heavy atom. The second-order valence-corrected chi connectivity index (χ2v) is 11.5. The molecule has 1 aromatic rings. The van der Waals surface area contributed by atoms with Gasteiger partial charge in [-0.1, -0.05) is 18.9 Å². The summed E-state index contributed by atoms with van der Waals surface area (Å²) >= 11 is 0. The van der Waals surface area contributed by atoms with Gasteiger partial charge in [0.15, 0.2) is 5.60 Å². The molecule has 0 radical (unpaired) electrons. The summed E-state index contributed by atoms with van der Waals surface area (Å²) in [7, 11) is -3.69. The van der Waals surface area contributed by atoms with Crippen LogP contribution in [0.3, 0.4) is 0 Å². The molecule has 0 bridgehead atoms. The Hall–Kier alpha value is -1.51. The minimum Gasteiger partial charge on any atom is -0.508 e. The number of hydrogen-bond acceptors (Lipinski definition) is 4. The van der Waals surface area contributed by atoms with Crippen LogP contribution < -0.4 is 0 Å². The molecule has 3 aliphatic rings. The minimum atomic E-state index is -3.69. The van der Waals surface area contributed by atoms with Crippen LogP contribution in [0, 0.1) is 29.6 Å². The molecule has 0 heterocycles. The first-order valence-corrected chi connectivity index (χ1v) is 11.8. The normalized spacial score (nSPS) is 37.0. The van der Waals surface area contributed by atoms with E-state index in [1.54, 1.807) is 19.9 Å². The summed E-state index contributed by atoms with van der Waals surface area (Å²) in [5.41, 5.74) is 1.23. The largest absolute Gasteiger partial charge is 0.508 e. The van der Waals surface area contributed by atoms with Crippen molar-refractivity contribution in [3.63, 3.8) is 0 Å². The highest BCUT2D eigenvalue weighted by Gasteiger charge is 2.64. The number of aryl methyl sites for hydroxylation is 1. The molecule has 0 aliphatic heterocycles. The van der Waals surface area contributed by atoms with Gasteiger partial charge in [0.25, 0.3) is 10.1 Å². The predicted octanol–water partition coefficient (Wildman–Crippen LogP) is 4.38. The monoisotopic (exact) mass is 402 g/mol. The smallest absolute Gasteiger partial charge is 0.271 e. The number of hydrogen-bond donors (Lipinski definition) is 1. The minimum absolute atomic E-state index is 0.331. The van der Waals surface area contributed by atoms with Gasteiger partial charge in [-0.05, 0) is 93.4 Å². The van der Waals surface area contributed by atoms with Crippen LogP contribution in [0.25, 0.3) is 0 Å². The van der Waals surface area contributed by atoms with Crippen LogP contribution in [0.1, 0.15) is 69.9 Å². The first-order chi connectivity index (χ1) is 13.1. The number of aromatic hydroxyl groups is 1. The summed E-state index contributed by atoms with van der Waals surface area (Å²) in [5.74, 6) is 4.44. The fourth-order valence-corrected chi connectivity index (χ4v) is 7.17. The molecule has 4 nitrogen and oxygen atoms in total. The maximum absolute atomic E-state index is 12.6. The zero-order valence-electron chi connectivity index (χ0n) is 16.9. The van der Waals surface area contributed by atoms with Crippen molar-refractivity contribution in [2.75, 3.05) is 0 Å². The summed E-state index contributed by atoms with van der Waals surface area (Å²) in [6.07, 6.45) is 11.3. The van der Waals surface area contributed by atoms with E-state index in [2.05, 4.69) is 18.9 Å². The van der Waals surface area contributed by atoms with Gasteiger partial charge >= 0.3 is 0 Å². The molecule has 152 valence electrons. The average molecular weight is 403 g/mol. The average Bonchev–Trinajstić information content (AvgIpc) is 2.93. The molecule has 5 heteroatoms. The van der Waals surface area contributed by atoms with Crippen molar-refractivity contribution in [2.45, 2.75) is 76.1 Å². The van der Waals surface area contributed by atoms with E-state index in [-0.39, 0.29) is 5.41 Å². The van der Waals surface area contributed by atoms with E-state index in [9.17, 15) is 13.5 Å². The van der Waals surface area contributed by atoms with Gasteiger partial charge in [0.05, 0.1) is 5.25 Å². The molecule has 0 spiro atoms. The summed E-state index contributed by atoms with van der Waals surface area (Å²) < 4.78 is 31.0. The molecule has 1 aromatic carbocycles. The highest BCUT2D eigenvalue weighted by molar-refractivity contribution is 7.87. The molecule has 0 aromatic heterocycles. The van der Waals surface area contributed by atoms with Gasteiger partial charge in [-0.15, -0.1) is 6.42 Å². The quantitative estimate of drug-likeness (QED) is 0.602. The van der Waals surface area contributed by atoms with E-state index in [0.29, 0.717) is 29.9 Å². The van der Waals surface area contributed by atoms with Crippen molar-refractivity contribution in [3.8, 4) is 18.1 Å². The summed E-state index contributed by atoms with van der Waals surface area (Å²) in [4.78, 5) is 0. The van der Waals surface area contributed by atoms with E-state index < -0.39 is 21.0 Å². The van der Waals surface area contributed by atoms with Crippen LogP contribution in [0.15, 0.2) is 18.2 Å². The molecule has 3 aliphatic carbocycles. The number of rotatable bonds is 3. The van der Waals surface area contributed by atoms with Crippen molar-refractivity contribution in [1.82, 2.24) is 0 Å². The first kappa shape index (κ1) is 19.8. The molecule has 0 unspecified atom stereocenters. The van der Waals surface area contributed by atoms with Crippen molar-refractivity contribution in [3.05, 3.63) is 29.3 Å². The zero-order chi connectivity index (χ0) is 20.3. The third kappa shape index (κ3) is 2.72. The Bertz CT molecular complexity index is 928. The van der Waals surface area contributed by atoms with Crippen molar-refractivity contribution >= 4 is 10.1 Å². The second-order valence-electron chi connectivity index (χ2n) is 9.39. The molecule has 4 rings (SSSR count). The van der Waals surface area contributed by atoms with Crippen molar-refractivity contribution in [1.29, 1.82) is 0 Å². The van der Waals surface area contributed by atoms with E-state index in [1.807, 2.05) is 6.07 Å². The highest BCUT2D eigenvalue weighted by Crippen LogP contribution is 2.65. The molecule has 2 saturated carbocycles. The number of phenolic OH excluding ortho intramolecular Hbond substituents is 1. The Morgan fingerprint density at radius 3 is 2.68 bits per heavy atom. The molecule has 0 amide bonds. The molecule has 2 fully saturated rings. The summed E-state index contributed by atoms with van der Waals surface area (Å²) in [6.45, 7) is 5.43. The maximum atomic E-state index is 12.6. The third-order valence-electron chi connectivity index (χ3n) is 7.90. The van der Waals surface area contributed by atoms with Crippen LogP contribution in [-0.2, 0) is 20.7 Å². The van der Waals surface area contributed by atoms with Crippen LogP contribution in [-0.4, -0.2) is 24.4 Å². The van der Waals surface area contributed by atoms with E-state index in [0.717, 1.165) is 32.1 Å². The van der Waals surface area contributed by atoms with Gasteiger partial charge in [-0.3, -0.25) is 0 Å². The van der Waals surface area contributed by atoms with Gasteiger partial charge in [-0.2, -0.15) is 8.42 Å². The van der Waals surface area contributed by atoms with Gasteiger partial charge in [-0.25, -0.2) is 4.18 Å². The van der Waals surface area contributed by atoms with Gasteiger partial charge < -0.3 is 5.11 Å². The van der Waals surface area contributed by atoms with Crippen LogP contribution in [0.5, 0.6) is 5.75 Å². The fourth-order valence-electron chi connectivity index (χ4n) is 6.26. The number of phenols is 1. The van der Waals surface area contributed by atoms with Gasteiger partial charge in [0, 0.05) is 5.41 Å². The lowest BCUT2D eigenvalue weighted by Gasteiger charge is -2.52. The summed E-state index contributed by atoms with van der Waals surface area (Å²) in [5, 5.41) is 9.23. The third-order valence-corrected chi connectivity index (χ3v) is 9.57. The predicted molar refractivity (Wildman–Crippen MR) is 109 cm³/mol. The Morgan fingerprint density at radius 2 is 2.00 bits per heavy atom. The van der Waals surface area contributed by atoms with E-state index in [4.69, 9.17) is 10.6 Å². The highest BCUT2D eigenvalue weighted by atomic mass is 32.2. The molecule has 5 atom stereocenters. The van der Waals surface area contributed by atoms with E-state index >= 15 is 0 Å². The summed E-state index contributed by atoms with van der Waals surface area (Å²) in [6, 6.07) is 5.76. The number of benzene rings is 1. The zero-order valence-corrected chi connectivity index (χ0v) is 17.8. The van der Waals surface area contributed by atoms with E-state index in [1.165, 1.54) is 11.1 Å². The van der Waals surface area contributed by atoms with Gasteiger partial charge in [0.2, 0.25) is 0 Å². The fraction of sp³-hybridized carbons (Fsp3) is 0.652. The molecular weight excluding hydrogens is 372 g/mol. The SMILES string of the molecule is C#C[C@]1(OS(=O)(=O)C(C)C)CC[C@H]2[C@@H]3CCc4cc(O)ccc4[C@H]3CC[C@@]21C. The van der Waals surface area contributed by atoms with Crippen molar-refractivity contribution in [2.24, 2.45) is 17.3 Å². The molecule has 28 heavy (non-hydrogen) atoms. The molecular formula is C23H30O4S. The number of fused-ring (bicyclic) bond motifs is 5. The lowest BCUT2D eigenvalue weighted by molar-refractivity contribution is -0.0465. The standard InChI is InChI=1S/C23H30O4S/c1-5-23(27-28(25,26)15(2)3)13-11-21-20-8-6-16-14-17(24)7-9-18(16)19(20)10-12-22(21,23)4/h1,7,9,14-15,19-21,24H,6,8,10-13H2,2-4H3/t19-,20-,21+,22+,23+/m1/s1. The Labute approximate surface area is 168 Å². The van der Waals surface area contributed by atoms with Crippen molar-refractivity contribution < 1.29 is 17.7 Å². The van der Waals surface area contributed by atoms with Crippen LogP contribution in [0.4, 0.5) is 0 Å². The second kappa shape index (κ2) is 6.50. The lowest BCUT2D eigenvalue weighted by atomic mass is 9.53. The maximum Gasteiger partial charge on any atom is 0.271 e. The Balaban J connectivity index is 1.69. The molecule has 0 saturated heterocycles. The molecule has 1 N–H and O–H groups in total. The topological polar surface area (TPSA) is 63.6 Å². The lowest BCUT2D eigenvalue weighted by Crippen LogP contribution is -2.52. The van der Waals surface area contributed by atoms with Crippen LogP contribution in [0.2, 0.25) is 0 Å². The Kier molecular flexibility index (Phi) is 4.60. The van der Waals surface area contributed by atoms with Gasteiger partial charge in [0.1, 0.15) is 5.75 Å². The first-order valence-electron chi connectivity index (χ1n) is 10.4. The number of terminal acetylenes is 1.